The molecule has 19 heavy (non-hydrogen) atoms. The number of aryl methyl sites for hydroxylation is 2. The summed E-state index contributed by atoms with van der Waals surface area (Å²) >= 11 is 0. The van der Waals surface area contributed by atoms with Crippen LogP contribution in [0.3, 0.4) is 0 Å². The highest BCUT2D eigenvalue weighted by Gasteiger charge is 2.18. The molecule has 3 N–H and O–H groups in total. The third-order valence-corrected chi connectivity index (χ3v) is 3.31. The zero-order chi connectivity index (χ0) is 13.8. The van der Waals surface area contributed by atoms with Gasteiger partial charge in [-0.15, -0.1) is 0 Å². The highest BCUT2D eigenvalue weighted by atomic mass is 16.5. The van der Waals surface area contributed by atoms with E-state index in [4.69, 9.17) is 10.5 Å². The Bertz CT molecular complexity index is 451. The van der Waals surface area contributed by atoms with E-state index in [9.17, 15) is 4.79 Å². The minimum Gasteiger partial charge on any atom is -0.491 e. The first kappa shape index (κ1) is 13.7. The largest absolute Gasteiger partial charge is 0.491 e. The first-order valence-electron chi connectivity index (χ1n) is 6.57. The number of urea groups is 1. The topological polar surface area (TPSA) is 67.6 Å². The second-order valence-corrected chi connectivity index (χ2v) is 4.83. The lowest BCUT2D eigenvalue weighted by atomic mass is 10.1. The van der Waals surface area contributed by atoms with Gasteiger partial charge in [0.25, 0.3) is 0 Å². The minimum absolute atomic E-state index is 0.00414. The van der Waals surface area contributed by atoms with Crippen molar-refractivity contribution in [2.45, 2.75) is 20.4 Å². The van der Waals surface area contributed by atoms with Gasteiger partial charge < -0.3 is 20.7 Å². The van der Waals surface area contributed by atoms with E-state index in [1.807, 2.05) is 26.0 Å². The van der Waals surface area contributed by atoms with Crippen molar-refractivity contribution >= 4 is 6.03 Å². The van der Waals surface area contributed by atoms with Crippen LogP contribution < -0.4 is 15.8 Å². The summed E-state index contributed by atoms with van der Waals surface area (Å²) in [7, 11) is 0. The van der Waals surface area contributed by atoms with Crippen LogP contribution >= 0.6 is 0 Å². The van der Waals surface area contributed by atoms with Gasteiger partial charge in [0.15, 0.2) is 0 Å². The number of nitrogens with one attached hydrogen (secondary N) is 1. The van der Waals surface area contributed by atoms with Crippen LogP contribution in [0.15, 0.2) is 12.1 Å². The first-order chi connectivity index (χ1) is 9.11. The van der Waals surface area contributed by atoms with Gasteiger partial charge in [0.05, 0.1) is 6.54 Å². The fourth-order valence-electron chi connectivity index (χ4n) is 2.37. The Kier molecular flexibility index (Phi) is 4.27. The molecule has 5 heteroatoms. The molecule has 2 rings (SSSR count). The molecule has 1 aliphatic heterocycles. The predicted octanol–water partition coefficient (Wildman–Crippen LogP) is 1.17. The lowest BCUT2D eigenvalue weighted by Crippen LogP contribution is -2.32. The number of amides is 2. The van der Waals surface area contributed by atoms with Gasteiger partial charge in [-0.2, -0.15) is 0 Å². The van der Waals surface area contributed by atoms with E-state index >= 15 is 0 Å². The lowest BCUT2D eigenvalue weighted by Gasteiger charge is -2.17. The van der Waals surface area contributed by atoms with Crippen LogP contribution in [0.25, 0.3) is 0 Å². The number of nitrogens with two attached hydrogens (primary N) is 1. The van der Waals surface area contributed by atoms with Gasteiger partial charge in [0.2, 0.25) is 0 Å². The van der Waals surface area contributed by atoms with Crippen molar-refractivity contribution in [2.75, 3.05) is 26.2 Å². The van der Waals surface area contributed by atoms with E-state index in [0.717, 1.165) is 35.5 Å². The number of hydrogen-bond acceptors (Lipinski definition) is 3. The Morgan fingerprint density at radius 3 is 2.58 bits per heavy atom. The SMILES string of the molecule is Cc1cc(CN)cc(C)c1OCCN1CCNC1=O. The number of ether oxygens (including phenoxy) is 1. The third kappa shape index (κ3) is 3.17. The number of rotatable bonds is 5. The Balaban J connectivity index is 1.94. The zero-order valence-corrected chi connectivity index (χ0v) is 11.5. The fraction of sp³-hybridized carbons (Fsp3) is 0.500. The lowest BCUT2D eigenvalue weighted by molar-refractivity contribution is 0.202. The van der Waals surface area contributed by atoms with Gasteiger partial charge in [0.1, 0.15) is 12.4 Å². The molecule has 1 aliphatic rings. The molecule has 1 fully saturated rings. The summed E-state index contributed by atoms with van der Waals surface area (Å²) in [5.41, 5.74) is 8.93. The monoisotopic (exact) mass is 263 g/mol. The number of carbonyl (C=O) groups is 1. The maximum absolute atomic E-state index is 11.4. The van der Waals surface area contributed by atoms with E-state index in [1.54, 1.807) is 4.90 Å². The Morgan fingerprint density at radius 2 is 2.05 bits per heavy atom. The Morgan fingerprint density at radius 1 is 1.37 bits per heavy atom. The number of hydrogen-bond donors (Lipinski definition) is 2. The van der Waals surface area contributed by atoms with Crippen molar-refractivity contribution in [3.05, 3.63) is 28.8 Å². The molecule has 0 radical (unpaired) electrons. The number of carbonyl (C=O) groups excluding carboxylic acids is 1. The van der Waals surface area contributed by atoms with Gasteiger partial charge in [0, 0.05) is 19.6 Å². The molecule has 0 bridgehead atoms. The second kappa shape index (κ2) is 5.93. The number of benzene rings is 1. The highest BCUT2D eigenvalue weighted by Crippen LogP contribution is 2.24. The molecular weight excluding hydrogens is 242 g/mol. The summed E-state index contributed by atoms with van der Waals surface area (Å²) in [6.45, 7) is 7.18. The smallest absolute Gasteiger partial charge is 0.317 e. The molecule has 0 atom stereocenters. The minimum atomic E-state index is -0.00414. The van der Waals surface area contributed by atoms with E-state index in [0.29, 0.717) is 19.7 Å². The van der Waals surface area contributed by atoms with Gasteiger partial charge in [-0.05, 0) is 30.5 Å². The number of nitrogens with zero attached hydrogens (tertiary/aromatic N) is 1. The predicted molar refractivity (Wildman–Crippen MR) is 74.3 cm³/mol. The summed E-state index contributed by atoms with van der Waals surface area (Å²) in [6, 6.07) is 4.09. The van der Waals surface area contributed by atoms with E-state index < -0.39 is 0 Å². The second-order valence-electron chi connectivity index (χ2n) is 4.83. The summed E-state index contributed by atoms with van der Waals surface area (Å²) in [6.07, 6.45) is 0. The summed E-state index contributed by atoms with van der Waals surface area (Å²) in [5.74, 6) is 0.900. The van der Waals surface area contributed by atoms with Crippen molar-refractivity contribution in [3.63, 3.8) is 0 Å². The molecule has 0 unspecified atom stereocenters. The first-order valence-corrected chi connectivity index (χ1v) is 6.57. The van der Waals surface area contributed by atoms with Crippen LogP contribution in [-0.4, -0.2) is 37.2 Å². The summed E-state index contributed by atoms with van der Waals surface area (Å²) in [5, 5.41) is 2.77. The van der Waals surface area contributed by atoms with Gasteiger partial charge in [-0.3, -0.25) is 0 Å². The molecular formula is C14H21N3O2. The van der Waals surface area contributed by atoms with Crippen molar-refractivity contribution in [2.24, 2.45) is 5.73 Å². The van der Waals surface area contributed by atoms with Crippen LogP contribution in [0.1, 0.15) is 16.7 Å². The Hall–Kier alpha value is -1.75. The zero-order valence-electron chi connectivity index (χ0n) is 11.5. The van der Waals surface area contributed by atoms with E-state index in [-0.39, 0.29) is 6.03 Å². The average Bonchev–Trinajstić information content (AvgIpc) is 2.78. The maximum atomic E-state index is 11.4. The molecule has 5 nitrogen and oxygen atoms in total. The van der Waals surface area contributed by atoms with Crippen LogP contribution in [-0.2, 0) is 6.54 Å². The van der Waals surface area contributed by atoms with Crippen molar-refractivity contribution in [1.82, 2.24) is 10.2 Å². The molecule has 1 aromatic carbocycles. The molecule has 1 saturated heterocycles. The highest BCUT2D eigenvalue weighted by molar-refractivity contribution is 5.76. The van der Waals surface area contributed by atoms with Crippen LogP contribution in [0.5, 0.6) is 5.75 Å². The molecule has 1 aromatic rings. The molecule has 0 aliphatic carbocycles. The molecule has 1 heterocycles. The van der Waals surface area contributed by atoms with Gasteiger partial charge in [-0.25, -0.2) is 4.79 Å². The molecule has 2 amide bonds. The van der Waals surface area contributed by atoms with E-state index in [2.05, 4.69) is 5.32 Å². The van der Waals surface area contributed by atoms with Gasteiger partial charge in [-0.1, -0.05) is 12.1 Å². The summed E-state index contributed by atoms with van der Waals surface area (Å²) < 4.78 is 5.81. The fourth-order valence-corrected chi connectivity index (χ4v) is 2.37. The Labute approximate surface area is 113 Å². The van der Waals surface area contributed by atoms with Crippen molar-refractivity contribution < 1.29 is 9.53 Å². The van der Waals surface area contributed by atoms with Crippen LogP contribution in [0.2, 0.25) is 0 Å². The quantitative estimate of drug-likeness (QED) is 0.838. The van der Waals surface area contributed by atoms with Crippen molar-refractivity contribution in [3.8, 4) is 5.75 Å². The molecule has 0 saturated carbocycles. The van der Waals surface area contributed by atoms with Crippen molar-refractivity contribution in [1.29, 1.82) is 0 Å². The standard InChI is InChI=1S/C14H21N3O2/c1-10-7-12(9-15)8-11(2)13(10)19-6-5-17-4-3-16-14(17)18/h7-8H,3-6,9,15H2,1-2H3,(H,16,18). The molecule has 0 aromatic heterocycles. The van der Waals surface area contributed by atoms with Crippen LogP contribution in [0, 0.1) is 13.8 Å². The van der Waals surface area contributed by atoms with Gasteiger partial charge >= 0.3 is 6.03 Å². The normalized spacial score (nSPS) is 14.7. The molecule has 104 valence electrons. The summed E-state index contributed by atoms with van der Waals surface area (Å²) in [4.78, 5) is 13.1. The average molecular weight is 263 g/mol. The third-order valence-electron chi connectivity index (χ3n) is 3.31. The van der Waals surface area contributed by atoms with E-state index in [1.165, 1.54) is 0 Å². The maximum Gasteiger partial charge on any atom is 0.317 e. The van der Waals surface area contributed by atoms with Crippen LogP contribution in [0.4, 0.5) is 4.79 Å². The molecule has 0 spiro atoms.